The molecule has 7 aliphatic rings. The molecule has 8 rings (SSSR count). The third-order valence-electron chi connectivity index (χ3n) is 17.4. The highest BCUT2D eigenvalue weighted by Crippen LogP contribution is 2.68. The number of carbonyl (C=O) groups is 4. The van der Waals surface area contributed by atoms with E-state index in [9.17, 15) is 29.4 Å². The summed E-state index contributed by atoms with van der Waals surface area (Å²) >= 11 is 0. The van der Waals surface area contributed by atoms with Crippen LogP contribution >= 0.6 is 0 Å². The lowest BCUT2D eigenvalue weighted by Gasteiger charge is -2.62. The largest absolute Gasteiger partial charge is 0.565 e. The Kier molecular flexibility index (Phi) is 12.7. The monoisotopic (exact) mass is 879 g/mol. The summed E-state index contributed by atoms with van der Waals surface area (Å²) < 4.78 is 38.5. The number of amides is 3. The SMILES string of the molecule is COC(=O)[C@@H]1C[C@H](NC(=O)CCCNC(=O)CCC2=[N+]3C(=Cc4c(C)cc(C)n4C3(F)F)C=C2)CN1C(=O)CC[C@@H](C)[C@H]1CCC2C3C(O)CC4C[C@H](O)CC[C@]4(C)C3CC[C@@]21C. The Morgan fingerprint density at radius 1 is 0.952 bits per heavy atom. The van der Waals surface area contributed by atoms with Gasteiger partial charge in [0.2, 0.25) is 23.4 Å². The van der Waals surface area contributed by atoms with E-state index in [1.54, 1.807) is 36.1 Å². The van der Waals surface area contributed by atoms with Gasteiger partial charge < -0.3 is 30.5 Å². The lowest BCUT2D eigenvalue weighted by atomic mass is 9.43. The maximum absolute atomic E-state index is 15.7. The highest BCUT2D eigenvalue weighted by Gasteiger charge is 2.63. The number of esters is 1. The van der Waals surface area contributed by atoms with Gasteiger partial charge >= 0.3 is 12.1 Å². The zero-order valence-electron chi connectivity index (χ0n) is 38.1. The molecule has 4 aliphatic carbocycles. The van der Waals surface area contributed by atoms with E-state index in [1.807, 2.05) is 6.92 Å². The molecular weight excluding hydrogens is 809 g/mol. The molecule has 63 heavy (non-hydrogen) atoms. The number of nitrogens with one attached hydrogen (secondary N) is 2. The molecule has 5 unspecified atom stereocenters. The zero-order valence-corrected chi connectivity index (χ0v) is 38.1. The molecule has 346 valence electrons. The topological polar surface area (TPSA) is 153 Å². The second-order valence-electron chi connectivity index (χ2n) is 20.9. The molecule has 3 amide bonds. The fourth-order valence-corrected chi connectivity index (χ4v) is 14.3. The summed E-state index contributed by atoms with van der Waals surface area (Å²) in [7, 11) is 1.31. The number of halogens is 2. The maximum atomic E-state index is 15.7. The van der Waals surface area contributed by atoms with E-state index in [1.165, 1.54) is 7.11 Å². The van der Waals surface area contributed by atoms with Crippen LogP contribution in [0, 0.1) is 60.2 Å². The molecule has 12 atom stereocenters. The molecular formula is C49H70F2N5O7+. The first-order valence-corrected chi connectivity index (χ1v) is 23.8. The Labute approximate surface area is 370 Å². The van der Waals surface area contributed by atoms with Crippen LogP contribution in [0.15, 0.2) is 23.9 Å². The van der Waals surface area contributed by atoms with Gasteiger partial charge in [0.05, 0.1) is 25.0 Å². The molecule has 4 N–H and O–H groups in total. The smallest absolute Gasteiger partial charge is 0.467 e. The minimum atomic E-state index is -3.30. The quantitative estimate of drug-likeness (QED) is 0.0783. The van der Waals surface area contributed by atoms with Crippen LogP contribution < -0.4 is 10.6 Å². The van der Waals surface area contributed by atoms with E-state index in [2.05, 4.69) is 31.4 Å². The van der Waals surface area contributed by atoms with Crippen molar-refractivity contribution in [3.63, 3.8) is 0 Å². The fourth-order valence-electron chi connectivity index (χ4n) is 14.3. The molecule has 0 radical (unpaired) electrons. The average molecular weight is 879 g/mol. The number of ether oxygens (including phenoxy) is 1. The number of hydrogen-bond acceptors (Lipinski definition) is 7. The second kappa shape index (κ2) is 17.5. The van der Waals surface area contributed by atoms with Gasteiger partial charge in [0.1, 0.15) is 6.04 Å². The summed E-state index contributed by atoms with van der Waals surface area (Å²) in [5.74, 6) is 1.14. The Bertz CT molecular complexity index is 2080. The van der Waals surface area contributed by atoms with Crippen molar-refractivity contribution in [2.24, 2.45) is 46.3 Å². The molecule has 4 saturated carbocycles. The number of aliphatic hydroxyl groups excluding tert-OH is 2. The van der Waals surface area contributed by atoms with E-state index in [0.29, 0.717) is 65.7 Å². The van der Waals surface area contributed by atoms with Gasteiger partial charge in [0.25, 0.3) is 0 Å². The van der Waals surface area contributed by atoms with Crippen molar-refractivity contribution < 1.29 is 47.5 Å². The van der Waals surface area contributed by atoms with E-state index in [-0.39, 0.29) is 91.4 Å². The first-order chi connectivity index (χ1) is 29.9. The Morgan fingerprint density at radius 3 is 2.46 bits per heavy atom. The van der Waals surface area contributed by atoms with Crippen LogP contribution in [0.1, 0.15) is 134 Å². The third-order valence-corrected chi connectivity index (χ3v) is 17.4. The van der Waals surface area contributed by atoms with Crippen LogP contribution in [-0.2, 0) is 30.1 Å². The lowest BCUT2D eigenvalue weighted by Crippen LogP contribution is -2.58. The molecule has 0 spiro atoms. The molecule has 12 nitrogen and oxygen atoms in total. The van der Waals surface area contributed by atoms with Crippen molar-refractivity contribution in [3.05, 3.63) is 40.9 Å². The minimum Gasteiger partial charge on any atom is -0.467 e. The maximum Gasteiger partial charge on any atom is 0.565 e. The Morgan fingerprint density at radius 2 is 1.70 bits per heavy atom. The highest BCUT2D eigenvalue weighted by atomic mass is 19.3. The molecule has 0 bridgehead atoms. The molecule has 1 aromatic heterocycles. The fraction of sp³-hybridized carbons (Fsp3) is 0.735. The van der Waals surface area contributed by atoms with Crippen molar-refractivity contribution in [1.29, 1.82) is 0 Å². The van der Waals surface area contributed by atoms with Gasteiger partial charge in [-0.25, -0.2) is 9.36 Å². The number of alkyl halides is 2. The summed E-state index contributed by atoms with van der Waals surface area (Å²) in [6.45, 7) is 11.0. The second-order valence-corrected chi connectivity index (χ2v) is 20.9. The number of carbonyl (C=O) groups excluding carboxylic acids is 4. The van der Waals surface area contributed by atoms with Crippen molar-refractivity contribution in [3.8, 4) is 0 Å². The van der Waals surface area contributed by atoms with Crippen molar-refractivity contribution in [2.75, 3.05) is 20.2 Å². The number of fused-ring (bicyclic) bond motifs is 7. The number of methoxy groups -OCH3 is 1. The molecule has 1 aromatic rings. The van der Waals surface area contributed by atoms with Gasteiger partial charge in [-0.3, -0.25) is 14.4 Å². The summed E-state index contributed by atoms with van der Waals surface area (Å²) in [6, 6.07) is 0.534. The first kappa shape index (κ1) is 45.7. The number of rotatable bonds is 13. The average Bonchev–Trinajstić information content (AvgIpc) is 4.01. The predicted molar refractivity (Wildman–Crippen MR) is 233 cm³/mol. The number of likely N-dealkylation sites (tertiary alicyclic amines) is 1. The standard InChI is InChI=1S/C49H69F2N5O7/c1-28(36-13-14-37-45-38(18-20-48(36,37)5)47(4)19-17-35(57)23-31(47)24-41(45)58)9-16-44(61)54-27-32(25-40(54)46(62)63-6)53-43(60)8-7-21-52-42(59)15-12-33-10-11-34-26-39-29(2)22-30(3)55(39)49(50,51)56(33)34/h10-11,22,26,28,31-32,35-38,40-41,45,57-58H,7-9,12-21,23-25,27H2,1-6H3,(H-,52,53,59,60)/p+1/t28-,31?,32+,35-,36-,37?,38?,40+,41?,45?,47+,48-/m1/s1. The summed E-state index contributed by atoms with van der Waals surface area (Å²) in [6.07, 6.45) is 10.9. The zero-order chi connectivity index (χ0) is 45.2. The van der Waals surface area contributed by atoms with Crippen LogP contribution in [0.3, 0.4) is 0 Å². The predicted octanol–water partition coefficient (Wildman–Crippen LogP) is 6.33. The Hall–Kier alpha value is -3.91. The third kappa shape index (κ3) is 8.22. The number of nitrogens with zero attached hydrogens (tertiary/aromatic N) is 3. The highest BCUT2D eigenvalue weighted by molar-refractivity contribution is 5.96. The van der Waals surface area contributed by atoms with E-state index in [4.69, 9.17) is 4.74 Å². The van der Waals surface area contributed by atoms with Gasteiger partial charge in [0, 0.05) is 75.2 Å². The van der Waals surface area contributed by atoms with Gasteiger partial charge in [-0.2, -0.15) is 0 Å². The molecule has 1 saturated heterocycles. The molecule has 4 heterocycles. The first-order valence-electron chi connectivity index (χ1n) is 23.8. The van der Waals surface area contributed by atoms with Gasteiger partial charge in [-0.1, -0.05) is 20.8 Å². The Balaban J connectivity index is 0.784. The number of aromatic nitrogens is 1. The number of aryl methyl sites for hydroxylation is 2. The van der Waals surface area contributed by atoms with E-state index < -0.39 is 24.2 Å². The lowest BCUT2D eigenvalue weighted by molar-refractivity contribution is -0.674. The van der Waals surface area contributed by atoms with Crippen LogP contribution in [0.4, 0.5) is 8.78 Å². The van der Waals surface area contributed by atoms with Crippen molar-refractivity contribution in [1.82, 2.24) is 20.1 Å². The molecule has 3 aliphatic heterocycles. The van der Waals surface area contributed by atoms with Gasteiger partial charge in [-0.05, 0) is 136 Å². The molecule has 0 aromatic carbocycles. The van der Waals surface area contributed by atoms with E-state index in [0.717, 1.165) is 66.1 Å². The van der Waals surface area contributed by atoms with Gasteiger partial charge in [-0.15, -0.1) is 13.4 Å². The molecule has 14 heteroatoms. The van der Waals surface area contributed by atoms with E-state index >= 15 is 8.78 Å². The normalized spacial score (nSPS) is 35.5. The number of allylic oxidation sites excluding steroid dienone is 2. The summed E-state index contributed by atoms with van der Waals surface area (Å²) in [4.78, 5) is 54.1. The van der Waals surface area contributed by atoms with Crippen LogP contribution in [-0.4, -0.2) is 98.1 Å². The van der Waals surface area contributed by atoms with Crippen LogP contribution in [0.5, 0.6) is 0 Å². The summed E-state index contributed by atoms with van der Waals surface area (Å²) in [5.41, 5.74) is 2.72. The number of hydrogen-bond donors (Lipinski definition) is 4. The van der Waals surface area contributed by atoms with Crippen molar-refractivity contribution in [2.45, 2.75) is 161 Å². The minimum absolute atomic E-state index is 0.0142. The summed E-state index contributed by atoms with van der Waals surface area (Å²) in [5, 5.41) is 27.9. The van der Waals surface area contributed by atoms with Crippen LogP contribution in [0.25, 0.3) is 6.08 Å². The van der Waals surface area contributed by atoms with Gasteiger partial charge in [0.15, 0.2) is 5.71 Å². The van der Waals surface area contributed by atoms with Crippen LogP contribution in [0.2, 0.25) is 0 Å². The van der Waals surface area contributed by atoms with Crippen molar-refractivity contribution >= 4 is 35.5 Å². The molecule has 5 fully saturated rings. The number of aliphatic hydroxyl groups is 2.